The number of carboxylic acid groups (broad SMARTS) is 1. The lowest BCUT2D eigenvalue weighted by atomic mass is 10.2. The van der Waals surface area contributed by atoms with Gasteiger partial charge < -0.3 is 25.8 Å². The molecule has 1 saturated heterocycles. The highest BCUT2D eigenvalue weighted by Crippen LogP contribution is 2.26. The Morgan fingerprint density at radius 1 is 1.59 bits per heavy atom. The number of carbonyl (C=O) groups is 1. The zero-order valence-corrected chi connectivity index (χ0v) is 12.1. The number of nitrogens with zero attached hydrogens (tertiary/aromatic N) is 3. The van der Waals surface area contributed by atoms with Crippen molar-refractivity contribution in [3.05, 3.63) is 16.8 Å². The lowest BCUT2D eigenvalue weighted by Crippen LogP contribution is -2.28. The van der Waals surface area contributed by atoms with E-state index in [-0.39, 0.29) is 19.0 Å². The number of hydrogen-bond donors (Lipinski definition) is 4. The van der Waals surface area contributed by atoms with Crippen LogP contribution in [0.25, 0.3) is 0 Å². The number of hydrogen-bond acceptors (Lipinski definition) is 8. The molecule has 1 fully saturated rings. The lowest BCUT2D eigenvalue weighted by Gasteiger charge is -2.13. The fourth-order valence-electron chi connectivity index (χ4n) is 1.82. The highest BCUT2D eigenvalue weighted by Gasteiger charge is 2.35. The molecule has 5 N–H and O–H groups in total. The van der Waals surface area contributed by atoms with E-state index < -0.39 is 30.1 Å². The molecule has 2 heterocycles. The maximum absolute atomic E-state index is 11.4. The molecule has 22 heavy (non-hydrogen) atoms. The van der Waals surface area contributed by atoms with Crippen LogP contribution in [0.15, 0.2) is 11.1 Å². The molecule has 1 aliphatic heterocycles. The summed E-state index contributed by atoms with van der Waals surface area (Å²) in [5.41, 5.74) is 4.65. The zero-order chi connectivity index (χ0) is 16.7. The van der Waals surface area contributed by atoms with E-state index in [1.54, 1.807) is 0 Å². The standard InChI is InChI=1S/C8H12N4O4.C4H8O2/c9-7-10-3-12(8(15)11-7)6-1-4(14)5(2-13)16-6;1-2-3-4(5)6/h3-6,13-14H,1-2H2,(H2,9,11,15);2-3H2,1H3,(H,5,6)/t4-,5+,6+;/m0./s1. The Balaban J connectivity index is 0.000000346. The Hall–Kier alpha value is -2.04. The maximum atomic E-state index is 11.4. The number of aliphatic hydroxyl groups is 2. The first-order valence-electron chi connectivity index (χ1n) is 6.75. The third kappa shape index (κ3) is 5.06. The number of aliphatic carboxylic acids is 1. The van der Waals surface area contributed by atoms with Gasteiger partial charge in [0.2, 0.25) is 5.95 Å². The second-order valence-corrected chi connectivity index (χ2v) is 4.66. The van der Waals surface area contributed by atoms with E-state index in [1.807, 2.05) is 6.92 Å². The Morgan fingerprint density at radius 2 is 2.27 bits per heavy atom. The SMILES string of the molecule is CCCC(=O)O.Nc1ncn([C@H]2C[C@H](O)[C@@H](CO)O2)c(=O)n1. The van der Waals surface area contributed by atoms with Gasteiger partial charge in [0.15, 0.2) is 0 Å². The molecular weight excluding hydrogens is 296 g/mol. The van der Waals surface area contributed by atoms with Gasteiger partial charge in [0, 0.05) is 12.8 Å². The van der Waals surface area contributed by atoms with Gasteiger partial charge in [0.1, 0.15) is 18.7 Å². The Bertz CT molecular complexity index is 549. The topological polar surface area (TPSA) is 161 Å². The minimum atomic E-state index is -0.806. The van der Waals surface area contributed by atoms with Crippen molar-refractivity contribution in [2.75, 3.05) is 12.3 Å². The van der Waals surface area contributed by atoms with Crippen LogP contribution in [-0.4, -0.2) is 54.6 Å². The van der Waals surface area contributed by atoms with Crippen molar-refractivity contribution in [3.8, 4) is 0 Å². The number of nitrogen functional groups attached to an aromatic ring is 1. The van der Waals surface area contributed by atoms with Crippen LogP contribution in [0.3, 0.4) is 0 Å². The molecule has 0 amide bonds. The molecule has 10 heteroatoms. The van der Waals surface area contributed by atoms with E-state index in [4.69, 9.17) is 20.7 Å². The van der Waals surface area contributed by atoms with Crippen LogP contribution in [0.1, 0.15) is 32.4 Å². The van der Waals surface area contributed by atoms with E-state index in [0.717, 1.165) is 11.0 Å². The molecule has 0 aliphatic carbocycles. The molecular formula is C12H20N4O6. The van der Waals surface area contributed by atoms with Crippen LogP contribution >= 0.6 is 0 Å². The predicted molar refractivity (Wildman–Crippen MR) is 74.9 cm³/mol. The summed E-state index contributed by atoms with van der Waals surface area (Å²) < 4.78 is 6.41. The first-order chi connectivity index (χ1) is 10.4. The molecule has 124 valence electrons. The zero-order valence-electron chi connectivity index (χ0n) is 12.1. The molecule has 0 radical (unpaired) electrons. The second kappa shape index (κ2) is 8.41. The van der Waals surface area contributed by atoms with Crippen molar-refractivity contribution in [1.29, 1.82) is 0 Å². The molecule has 3 atom stereocenters. The number of carboxylic acids is 1. The minimum absolute atomic E-state index is 0.112. The molecule has 1 aliphatic rings. The summed E-state index contributed by atoms with van der Waals surface area (Å²) >= 11 is 0. The summed E-state index contributed by atoms with van der Waals surface area (Å²) in [5.74, 6) is -0.823. The molecule has 0 saturated carbocycles. The van der Waals surface area contributed by atoms with Crippen LogP contribution in [0.4, 0.5) is 5.95 Å². The molecule has 0 spiro atoms. The number of aromatic nitrogens is 3. The van der Waals surface area contributed by atoms with Gasteiger partial charge in [0.25, 0.3) is 0 Å². The minimum Gasteiger partial charge on any atom is -0.481 e. The van der Waals surface area contributed by atoms with Gasteiger partial charge in [-0.05, 0) is 6.42 Å². The second-order valence-electron chi connectivity index (χ2n) is 4.66. The summed E-state index contributed by atoms with van der Waals surface area (Å²) in [6, 6.07) is 0. The Kier molecular flexibility index (Phi) is 6.89. The third-order valence-electron chi connectivity index (χ3n) is 2.90. The summed E-state index contributed by atoms with van der Waals surface area (Å²) in [5, 5.41) is 26.3. The molecule has 0 aromatic carbocycles. The van der Waals surface area contributed by atoms with Gasteiger partial charge in [-0.1, -0.05) is 6.92 Å². The summed E-state index contributed by atoms with van der Waals surface area (Å²) in [6.45, 7) is 1.54. The van der Waals surface area contributed by atoms with Gasteiger partial charge in [0.05, 0.1) is 12.7 Å². The fraction of sp³-hybridized carbons (Fsp3) is 0.667. The molecule has 0 bridgehead atoms. The van der Waals surface area contributed by atoms with Gasteiger partial charge >= 0.3 is 11.7 Å². The van der Waals surface area contributed by atoms with Crippen molar-refractivity contribution in [2.24, 2.45) is 0 Å². The third-order valence-corrected chi connectivity index (χ3v) is 2.90. The van der Waals surface area contributed by atoms with Gasteiger partial charge in [-0.25, -0.2) is 9.78 Å². The van der Waals surface area contributed by atoms with Crippen molar-refractivity contribution in [2.45, 2.75) is 44.6 Å². The van der Waals surface area contributed by atoms with Crippen LogP contribution in [0, 0.1) is 0 Å². The van der Waals surface area contributed by atoms with E-state index in [9.17, 15) is 14.7 Å². The van der Waals surface area contributed by atoms with E-state index in [0.29, 0.717) is 6.42 Å². The number of nitrogens with two attached hydrogens (primary N) is 1. The van der Waals surface area contributed by atoms with Crippen molar-refractivity contribution >= 4 is 11.9 Å². The smallest absolute Gasteiger partial charge is 0.354 e. The largest absolute Gasteiger partial charge is 0.481 e. The van der Waals surface area contributed by atoms with Crippen molar-refractivity contribution < 1.29 is 24.9 Å². The molecule has 1 aromatic rings. The molecule has 0 unspecified atom stereocenters. The molecule has 2 rings (SSSR count). The number of aliphatic hydroxyl groups excluding tert-OH is 2. The molecule has 1 aromatic heterocycles. The van der Waals surface area contributed by atoms with Crippen LogP contribution in [0.5, 0.6) is 0 Å². The Labute approximate surface area is 126 Å². The van der Waals surface area contributed by atoms with Gasteiger partial charge in [-0.15, -0.1) is 0 Å². The van der Waals surface area contributed by atoms with Crippen molar-refractivity contribution in [3.63, 3.8) is 0 Å². The van der Waals surface area contributed by atoms with E-state index in [2.05, 4.69) is 9.97 Å². The summed E-state index contributed by atoms with van der Waals surface area (Å²) in [4.78, 5) is 28.1. The first kappa shape index (κ1) is 18.0. The average molecular weight is 316 g/mol. The average Bonchev–Trinajstić information content (AvgIpc) is 2.80. The quantitative estimate of drug-likeness (QED) is 0.530. The molecule has 10 nitrogen and oxygen atoms in total. The summed E-state index contributed by atoms with van der Waals surface area (Å²) in [7, 11) is 0. The monoisotopic (exact) mass is 316 g/mol. The van der Waals surface area contributed by atoms with E-state index >= 15 is 0 Å². The van der Waals surface area contributed by atoms with Crippen LogP contribution in [0.2, 0.25) is 0 Å². The number of anilines is 1. The van der Waals surface area contributed by atoms with Gasteiger partial charge in [-0.2, -0.15) is 4.98 Å². The van der Waals surface area contributed by atoms with Gasteiger partial charge in [-0.3, -0.25) is 9.36 Å². The summed E-state index contributed by atoms with van der Waals surface area (Å²) in [6.07, 6.45) is 0.282. The number of ether oxygens (including phenoxy) is 1. The lowest BCUT2D eigenvalue weighted by molar-refractivity contribution is -0.137. The maximum Gasteiger partial charge on any atom is 0.354 e. The van der Waals surface area contributed by atoms with Crippen molar-refractivity contribution in [1.82, 2.24) is 14.5 Å². The van der Waals surface area contributed by atoms with Crippen LogP contribution < -0.4 is 11.4 Å². The van der Waals surface area contributed by atoms with Crippen LogP contribution in [-0.2, 0) is 9.53 Å². The predicted octanol–water partition coefficient (Wildman–Crippen LogP) is -1.27. The normalized spacial score (nSPS) is 23.7. The highest BCUT2D eigenvalue weighted by molar-refractivity contribution is 5.66. The number of rotatable bonds is 4. The Morgan fingerprint density at radius 3 is 2.68 bits per heavy atom. The first-order valence-corrected chi connectivity index (χ1v) is 6.75. The highest BCUT2D eigenvalue weighted by atomic mass is 16.5. The fourth-order valence-corrected chi connectivity index (χ4v) is 1.82. The van der Waals surface area contributed by atoms with E-state index in [1.165, 1.54) is 6.33 Å².